The van der Waals surface area contributed by atoms with E-state index in [1.165, 1.54) is 14.2 Å². The summed E-state index contributed by atoms with van der Waals surface area (Å²) in [5.74, 6) is 0.191. The van der Waals surface area contributed by atoms with E-state index in [9.17, 15) is 4.79 Å². The monoisotopic (exact) mass is 239 g/mol. The van der Waals surface area contributed by atoms with Crippen LogP contribution in [0.4, 0.5) is 5.69 Å². The van der Waals surface area contributed by atoms with E-state index in [1.807, 2.05) is 0 Å². The van der Waals surface area contributed by atoms with Gasteiger partial charge in [-0.2, -0.15) is 0 Å². The third-order valence-corrected chi connectivity index (χ3v) is 2.25. The molecule has 1 heterocycles. The Morgan fingerprint density at radius 2 is 2.35 bits per heavy atom. The Kier molecular flexibility index (Phi) is 5.38. The minimum absolute atomic E-state index is 0.186. The molecule has 3 N–H and O–H groups in total. The number of nitrogens with one attached hydrogen (secondary N) is 1. The zero-order valence-corrected chi connectivity index (χ0v) is 9.97. The van der Waals surface area contributed by atoms with Crippen molar-refractivity contribution in [1.82, 2.24) is 4.98 Å². The van der Waals surface area contributed by atoms with Crippen LogP contribution < -0.4 is 15.8 Å². The number of carbonyl (C=O) groups is 1. The second-order valence-corrected chi connectivity index (χ2v) is 3.41. The molecule has 0 saturated heterocycles. The molecule has 1 unspecified atom stereocenters. The highest BCUT2D eigenvalue weighted by Crippen LogP contribution is 2.19. The van der Waals surface area contributed by atoms with Gasteiger partial charge in [-0.25, -0.2) is 4.98 Å². The largest absolute Gasteiger partial charge is 0.480 e. The molecule has 1 aromatic heterocycles. The van der Waals surface area contributed by atoms with Crippen LogP contribution in [-0.4, -0.2) is 37.8 Å². The predicted molar refractivity (Wildman–Crippen MR) is 63.9 cm³/mol. The standard InChI is InChI=1S/C11H17N3O3/c1-16-8(7-12)6-10(15)14-9-4-3-5-13-11(9)17-2/h3-5,8H,6-7,12H2,1-2H3,(H,14,15). The third-order valence-electron chi connectivity index (χ3n) is 2.25. The van der Waals surface area contributed by atoms with Crippen LogP contribution in [0.25, 0.3) is 0 Å². The fourth-order valence-electron chi connectivity index (χ4n) is 1.32. The van der Waals surface area contributed by atoms with Gasteiger partial charge in [0.2, 0.25) is 11.8 Å². The quantitative estimate of drug-likeness (QED) is 0.750. The Morgan fingerprint density at radius 1 is 1.59 bits per heavy atom. The summed E-state index contributed by atoms with van der Waals surface area (Å²) >= 11 is 0. The molecule has 1 rings (SSSR count). The number of ether oxygens (including phenoxy) is 2. The number of amides is 1. The van der Waals surface area contributed by atoms with Gasteiger partial charge in [0.25, 0.3) is 0 Å². The SMILES string of the molecule is COc1ncccc1NC(=O)CC(CN)OC. The van der Waals surface area contributed by atoms with Crippen LogP contribution in [0.3, 0.4) is 0 Å². The molecule has 1 aromatic rings. The third kappa shape index (κ3) is 4.01. The minimum Gasteiger partial charge on any atom is -0.480 e. The van der Waals surface area contributed by atoms with Crippen LogP contribution in [0, 0.1) is 0 Å². The molecule has 0 saturated carbocycles. The van der Waals surface area contributed by atoms with Crippen LogP contribution >= 0.6 is 0 Å². The van der Waals surface area contributed by atoms with Crippen LogP contribution in [0.15, 0.2) is 18.3 Å². The Bertz CT molecular complexity index is 367. The van der Waals surface area contributed by atoms with Crippen molar-refractivity contribution in [3.05, 3.63) is 18.3 Å². The van der Waals surface area contributed by atoms with Crippen molar-refractivity contribution in [2.75, 3.05) is 26.1 Å². The Labute approximate surface area is 100 Å². The van der Waals surface area contributed by atoms with Gasteiger partial charge in [0.15, 0.2) is 0 Å². The molecule has 17 heavy (non-hydrogen) atoms. The molecule has 0 aromatic carbocycles. The summed E-state index contributed by atoms with van der Waals surface area (Å²) in [6.07, 6.45) is 1.51. The molecule has 0 aliphatic carbocycles. The van der Waals surface area contributed by atoms with E-state index in [4.69, 9.17) is 15.2 Å². The first kappa shape index (κ1) is 13.4. The van der Waals surface area contributed by atoms with Crippen LogP contribution in [0.1, 0.15) is 6.42 Å². The number of pyridine rings is 1. The minimum atomic E-state index is -0.280. The molecule has 6 heteroatoms. The van der Waals surface area contributed by atoms with E-state index < -0.39 is 0 Å². The molecule has 0 fully saturated rings. The van der Waals surface area contributed by atoms with Crippen molar-refractivity contribution in [3.63, 3.8) is 0 Å². The number of aromatic nitrogens is 1. The van der Waals surface area contributed by atoms with Crippen molar-refractivity contribution >= 4 is 11.6 Å². The van der Waals surface area contributed by atoms with Crippen molar-refractivity contribution < 1.29 is 14.3 Å². The van der Waals surface area contributed by atoms with Crippen molar-refractivity contribution in [2.45, 2.75) is 12.5 Å². The van der Waals surface area contributed by atoms with E-state index in [-0.39, 0.29) is 18.4 Å². The summed E-state index contributed by atoms with van der Waals surface area (Å²) in [6.45, 7) is 0.300. The van der Waals surface area contributed by atoms with E-state index in [0.29, 0.717) is 18.1 Å². The molecule has 0 spiro atoms. The lowest BCUT2D eigenvalue weighted by Crippen LogP contribution is -2.28. The van der Waals surface area contributed by atoms with E-state index in [1.54, 1.807) is 18.3 Å². The van der Waals surface area contributed by atoms with Crippen molar-refractivity contribution in [1.29, 1.82) is 0 Å². The molecular formula is C11H17N3O3. The Hall–Kier alpha value is -1.66. The van der Waals surface area contributed by atoms with Crippen molar-refractivity contribution in [3.8, 4) is 5.88 Å². The molecule has 94 valence electrons. The summed E-state index contributed by atoms with van der Waals surface area (Å²) in [5, 5.41) is 2.70. The van der Waals surface area contributed by atoms with E-state index in [0.717, 1.165) is 0 Å². The van der Waals surface area contributed by atoms with Crippen molar-refractivity contribution in [2.24, 2.45) is 5.73 Å². The summed E-state index contributed by atoms with van der Waals surface area (Å²) in [4.78, 5) is 15.7. The second kappa shape index (κ2) is 6.82. The highest BCUT2D eigenvalue weighted by atomic mass is 16.5. The summed E-state index contributed by atoms with van der Waals surface area (Å²) in [5.41, 5.74) is 5.97. The molecule has 1 atom stereocenters. The van der Waals surface area contributed by atoms with Gasteiger partial charge in [0.05, 0.1) is 19.6 Å². The molecule has 0 radical (unpaired) electrons. The maximum absolute atomic E-state index is 11.7. The van der Waals surface area contributed by atoms with Gasteiger partial charge < -0.3 is 20.5 Å². The summed E-state index contributed by atoms with van der Waals surface area (Å²) < 4.78 is 10.1. The van der Waals surface area contributed by atoms with Gasteiger partial charge >= 0.3 is 0 Å². The average Bonchev–Trinajstić information content (AvgIpc) is 2.36. The molecule has 6 nitrogen and oxygen atoms in total. The zero-order chi connectivity index (χ0) is 12.7. The van der Waals surface area contributed by atoms with Gasteiger partial charge in [0, 0.05) is 19.9 Å². The lowest BCUT2D eigenvalue weighted by molar-refractivity contribution is -0.118. The number of rotatable bonds is 6. The van der Waals surface area contributed by atoms with Crippen LogP contribution in [0.2, 0.25) is 0 Å². The number of hydrogen-bond donors (Lipinski definition) is 2. The first-order chi connectivity index (χ1) is 8.21. The maximum Gasteiger partial charge on any atom is 0.237 e. The normalized spacial score (nSPS) is 11.9. The van der Waals surface area contributed by atoms with Crippen LogP contribution in [-0.2, 0) is 9.53 Å². The number of carbonyl (C=O) groups excluding carboxylic acids is 1. The fourth-order valence-corrected chi connectivity index (χ4v) is 1.32. The van der Waals surface area contributed by atoms with Gasteiger partial charge in [-0.3, -0.25) is 4.79 Å². The van der Waals surface area contributed by atoms with E-state index >= 15 is 0 Å². The first-order valence-electron chi connectivity index (χ1n) is 5.23. The van der Waals surface area contributed by atoms with Gasteiger partial charge in [-0.05, 0) is 12.1 Å². The Balaban J connectivity index is 2.61. The number of nitrogens with two attached hydrogens (primary N) is 1. The zero-order valence-electron chi connectivity index (χ0n) is 9.97. The molecular weight excluding hydrogens is 222 g/mol. The van der Waals surface area contributed by atoms with E-state index in [2.05, 4.69) is 10.3 Å². The lowest BCUT2D eigenvalue weighted by Gasteiger charge is -2.13. The topological polar surface area (TPSA) is 86.5 Å². The lowest BCUT2D eigenvalue weighted by atomic mass is 10.2. The van der Waals surface area contributed by atoms with Crippen LogP contribution in [0.5, 0.6) is 5.88 Å². The number of nitrogens with zero attached hydrogens (tertiary/aromatic N) is 1. The molecule has 0 aliphatic rings. The van der Waals surface area contributed by atoms with Gasteiger partial charge in [-0.15, -0.1) is 0 Å². The number of hydrogen-bond acceptors (Lipinski definition) is 5. The smallest absolute Gasteiger partial charge is 0.237 e. The van der Waals surface area contributed by atoms with Gasteiger partial charge in [-0.1, -0.05) is 0 Å². The first-order valence-corrected chi connectivity index (χ1v) is 5.23. The second-order valence-electron chi connectivity index (χ2n) is 3.41. The molecule has 0 aliphatic heterocycles. The molecule has 1 amide bonds. The average molecular weight is 239 g/mol. The molecule has 0 bridgehead atoms. The number of methoxy groups -OCH3 is 2. The highest BCUT2D eigenvalue weighted by Gasteiger charge is 2.13. The summed E-state index contributed by atoms with van der Waals surface area (Å²) in [7, 11) is 3.02. The predicted octanol–water partition coefficient (Wildman–Crippen LogP) is 0.392. The summed E-state index contributed by atoms with van der Waals surface area (Å²) in [6, 6.07) is 3.43. The maximum atomic E-state index is 11.7. The fraction of sp³-hybridized carbons (Fsp3) is 0.455. The number of anilines is 1. The Morgan fingerprint density at radius 3 is 2.94 bits per heavy atom. The highest BCUT2D eigenvalue weighted by molar-refractivity contribution is 5.92. The van der Waals surface area contributed by atoms with Gasteiger partial charge in [0.1, 0.15) is 5.69 Å².